The Morgan fingerprint density at radius 2 is 2.10 bits per heavy atom. The number of piperazine rings is 1. The summed E-state index contributed by atoms with van der Waals surface area (Å²) in [4.78, 5) is 21.0. The van der Waals surface area contributed by atoms with E-state index in [9.17, 15) is 4.79 Å². The highest BCUT2D eigenvalue weighted by atomic mass is 16.3. The van der Waals surface area contributed by atoms with Crippen LogP contribution in [-0.2, 0) is 0 Å². The number of fused-ring (bicyclic) bond motifs is 1. The van der Waals surface area contributed by atoms with Gasteiger partial charge in [-0.2, -0.15) is 5.10 Å². The van der Waals surface area contributed by atoms with E-state index in [-0.39, 0.29) is 12.5 Å². The highest BCUT2D eigenvalue weighted by molar-refractivity contribution is 6.01. The predicted octanol–water partition coefficient (Wildman–Crippen LogP) is -0.212. The molecule has 1 saturated heterocycles. The van der Waals surface area contributed by atoms with E-state index in [1.54, 1.807) is 23.0 Å². The molecule has 1 fully saturated rings. The van der Waals surface area contributed by atoms with Gasteiger partial charge in [0, 0.05) is 45.1 Å². The Morgan fingerprint density at radius 1 is 1.33 bits per heavy atom. The summed E-state index contributed by atoms with van der Waals surface area (Å²) in [6.45, 7) is 5.58. The van der Waals surface area contributed by atoms with E-state index in [4.69, 9.17) is 5.11 Å². The largest absolute Gasteiger partial charge is 0.395 e. The van der Waals surface area contributed by atoms with Crippen LogP contribution in [0.15, 0.2) is 18.5 Å². The number of carbonyl (C=O) groups excluding carboxylic acids is 1. The minimum absolute atomic E-state index is 0.00940. The minimum Gasteiger partial charge on any atom is -0.395 e. The van der Waals surface area contributed by atoms with Gasteiger partial charge in [-0.15, -0.1) is 0 Å². The normalized spacial score (nSPS) is 16.6. The molecule has 1 aliphatic heterocycles. The molecule has 0 aliphatic carbocycles. The highest BCUT2D eigenvalue weighted by Crippen LogP contribution is 2.16. The maximum atomic E-state index is 12.7. The molecule has 1 N–H and O–H groups in total. The van der Waals surface area contributed by atoms with Gasteiger partial charge in [0.25, 0.3) is 5.91 Å². The maximum absolute atomic E-state index is 12.7. The zero-order valence-corrected chi connectivity index (χ0v) is 12.1. The number of hydrogen-bond acceptors (Lipinski definition) is 5. The van der Waals surface area contributed by atoms with Crippen molar-refractivity contribution in [3.8, 4) is 0 Å². The van der Waals surface area contributed by atoms with Gasteiger partial charge in [0.15, 0.2) is 5.65 Å². The minimum atomic E-state index is -0.00940. The first-order valence-electron chi connectivity index (χ1n) is 7.13. The van der Waals surface area contributed by atoms with Crippen molar-refractivity contribution in [3.05, 3.63) is 29.7 Å². The Hall–Kier alpha value is -1.99. The van der Waals surface area contributed by atoms with Crippen LogP contribution in [-0.4, -0.2) is 74.7 Å². The van der Waals surface area contributed by atoms with Crippen molar-refractivity contribution in [2.24, 2.45) is 0 Å². The van der Waals surface area contributed by atoms with Crippen molar-refractivity contribution in [1.82, 2.24) is 24.4 Å². The SMILES string of the molecule is Cc1nn2cccnc2c1C(=O)N1CCN(CCO)CC1. The fourth-order valence-electron chi connectivity index (χ4n) is 2.72. The summed E-state index contributed by atoms with van der Waals surface area (Å²) in [6.07, 6.45) is 3.47. The van der Waals surface area contributed by atoms with Gasteiger partial charge in [-0.05, 0) is 13.0 Å². The van der Waals surface area contributed by atoms with E-state index in [0.29, 0.717) is 36.5 Å². The third-order valence-corrected chi connectivity index (χ3v) is 3.86. The molecule has 0 aromatic carbocycles. The number of β-amino-alcohol motifs (C(OH)–C–C–N with tert-alkyl or cyclic N) is 1. The first-order chi connectivity index (χ1) is 10.2. The number of aromatic nitrogens is 3. The number of aryl methyl sites for hydroxylation is 1. The molecule has 0 atom stereocenters. The zero-order valence-electron chi connectivity index (χ0n) is 12.1. The lowest BCUT2D eigenvalue weighted by atomic mass is 10.2. The number of hydrogen-bond donors (Lipinski definition) is 1. The smallest absolute Gasteiger partial charge is 0.259 e. The molecule has 0 radical (unpaired) electrons. The molecule has 0 spiro atoms. The number of aliphatic hydroxyl groups excluding tert-OH is 1. The van der Waals surface area contributed by atoms with E-state index in [1.165, 1.54) is 0 Å². The average Bonchev–Trinajstić information content (AvgIpc) is 2.83. The van der Waals surface area contributed by atoms with Gasteiger partial charge in [-0.1, -0.05) is 0 Å². The van der Waals surface area contributed by atoms with E-state index < -0.39 is 0 Å². The van der Waals surface area contributed by atoms with Gasteiger partial charge in [0.2, 0.25) is 0 Å². The second kappa shape index (κ2) is 5.79. The second-order valence-electron chi connectivity index (χ2n) is 5.21. The summed E-state index contributed by atoms with van der Waals surface area (Å²) < 4.78 is 1.64. The van der Waals surface area contributed by atoms with Crippen molar-refractivity contribution in [2.75, 3.05) is 39.3 Å². The van der Waals surface area contributed by atoms with Crippen molar-refractivity contribution < 1.29 is 9.90 Å². The Morgan fingerprint density at radius 3 is 2.81 bits per heavy atom. The zero-order chi connectivity index (χ0) is 14.8. The Labute approximate surface area is 122 Å². The molecular weight excluding hydrogens is 270 g/mol. The third-order valence-electron chi connectivity index (χ3n) is 3.86. The lowest BCUT2D eigenvalue weighted by Gasteiger charge is -2.34. The van der Waals surface area contributed by atoms with Gasteiger partial charge in [0.1, 0.15) is 5.56 Å². The second-order valence-corrected chi connectivity index (χ2v) is 5.21. The molecule has 1 amide bonds. The van der Waals surface area contributed by atoms with Gasteiger partial charge in [0.05, 0.1) is 12.3 Å². The highest BCUT2D eigenvalue weighted by Gasteiger charge is 2.26. The van der Waals surface area contributed by atoms with Crippen LogP contribution in [0.4, 0.5) is 0 Å². The summed E-state index contributed by atoms with van der Waals surface area (Å²) in [6, 6.07) is 1.79. The lowest BCUT2D eigenvalue weighted by molar-refractivity contribution is 0.0616. The van der Waals surface area contributed by atoms with Crippen molar-refractivity contribution in [3.63, 3.8) is 0 Å². The molecule has 7 nitrogen and oxygen atoms in total. The van der Waals surface area contributed by atoms with E-state index in [1.807, 2.05) is 11.8 Å². The Kier molecular flexibility index (Phi) is 3.85. The first kappa shape index (κ1) is 14.0. The molecule has 0 bridgehead atoms. The van der Waals surface area contributed by atoms with Crippen LogP contribution in [0.25, 0.3) is 5.65 Å². The molecule has 0 unspecified atom stereocenters. The molecule has 7 heteroatoms. The average molecular weight is 289 g/mol. The quantitative estimate of drug-likeness (QED) is 0.846. The molecular formula is C14H19N5O2. The summed E-state index contributed by atoms with van der Waals surface area (Å²) in [5, 5.41) is 13.3. The molecule has 2 aromatic heterocycles. The topological polar surface area (TPSA) is 74.0 Å². The van der Waals surface area contributed by atoms with Crippen LogP contribution in [0.2, 0.25) is 0 Å². The Bertz CT molecular complexity index is 646. The van der Waals surface area contributed by atoms with E-state index >= 15 is 0 Å². The number of nitrogens with zero attached hydrogens (tertiary/aromatic N) is 5. The summed E-state index contributed by atoms with van der Waals surface area (Å²) in [5.74, 6) is -0.00940. The van der Waals surface area contributed by atoms with Crippen LogP contribution in [0.3, 0.4) is 0 Å². The van der Waals surface area contributed by atoms with Crippen molar-refractivity contribution >= 4 is 11.6 Å². The third kappa shape index (κ3) is 2.62. The fourth-order valence-corrected chi connectivity index (χ4v) is 2.72. The lowest BCUT2D eigenvalue weighted by Crippen LogP contribution is -2.49. The maximum Gasteiger partial charge on any atom is 0.259 e. The molecule has 0 saturated carbocycles. The standard InChI is InChI=1S/C14H19N5O2/c1-11-12(13-15-3-2-4-19(13)16-11)14(21)18-7-5-17(6-8-18)9-10-20/h2-4,20H,5-10H2,1H3. The number of amides is 1. The van der Waals surface area contributed by atoms with Crippen LogP contribution in [0.1, 0.15) is 16.1 Å². The summed E-state index contributed by atoms with van der Waals surface area (Å²) in [5.41, 5.74) is 1.90. The molecule has 3 heterocycles. The van der Waals surface area contributed by atoms with E-state index in [2.05, 4.69) is 15.0 Å². The monoisotopic (exact) mass is 289 g/mol. The predicted molar refractivity (Wildman–Crippen MR) is 77.2 cm³/mol. The van der Waals surface area contributed by atoms with Crippen LogP contribution in [0, 0.1) is 6.92 Å². The molecule has 1 aliphatic rings. The molecule has 3 rings (SSSR count). The molecule has 112 valence electrons. The van der Waals surface area contributed by atoms with Crippen LogP contribution in [0.5, 0.6) is 0 Å². The first-order valence-corrected chi connectivity index (χ1v) is 7.13. The number of carbonyl (C=O) groups is 1. The Balaban J connectivity index is 1.80. The van der Waals surface area contributed by atoms with E-state index in [0.717, 1.165) is 13.1 Å². The van der Waals surface area contributed by atoms with Gasteiger partial charge in [-0.3, -0.25) is 9.69 Å². The van der Waals surface area contributed by atoms with Gasteiger partial charge < -0.3 is 10.0 Å². The summed E-state index contributed by atoms with van der Waals surface area (Å²) >= 11 is 0. The molecule has 2 aromatic rings. The van der Waals surface area contributed by atoms with Crippen molar-refractivity contribution in [1.29, 1.82) is 0 Å². The fraction of sp³-hybridized carbons (Fsp3) is 0.500. The molecule has 21 heavy (non-hydrogen) atoms. The van der Waals surface area contributed by atoms with Gasteiger partial charge >= 0.3 is 0 Å². The number of rotatable bonds is 3. The van der Waals surface area contributed by atoms with Crippen molar-refractivity contribution in [2.45, 2.75) is 6.92 Å². The van der Waals surface area contributed by atoms with Crippen LogP contribution < -0.4 is 0 Å². The number of aliphatic hydroxyl groups is 1. The van der Waals surface area contributed by atoms with Gasteiger partial charge in [-0.25, -0.2) is 9.50 Å². The van der Waals surface area contributed by atoms with Crippen LogP contribution >= 0.6 is 0 Å². The summed E-state index contributed by atoms with van der Waals surface area (Å²) in [7, 11) is 0.